The number of rotatable bonds is 6. The van der Waals surface area contributed by atoms with Crippen molar-refractivity contribution >= 4 is 11.6 Å². The molecule has 1 fully saturated rings. The summed E-state index contributed by atoms with van der Waals surface area (Å²) in [5.41, 5.74) is 5.29. The molecule has 0 spiro atoms. The number of aryl methyl sites for hydroxylation is 1. The first-order valence-electron chi connectivity index (χ1n) is 11.8. The van der Waals surface area contributed by atoms with Gasteiger partial charge in [-0.3, -0.25) is 9.48 Å². The van der Waals surface area contributed by atoms with Crippen molar-refractivity contribution in [2.24, 2.45) is 0 Å². The van der Waals surface area contributed by atoms with E-state index in [2.05, 4.69) is 41.4 Å². The quantitative estimate of drug-likeness (QED) is 0.632. The number of hydrogen-bond acceptors (Lipinski definition) is 5. The number of para-hydroxylation sites is 1. The molecule has 33 heavy (non-hydrogen) atoms. The zero-order valence-electron chi connectivity index (χ0n) is 19.2. The van der Waals surface area contributed by atoms with Gasteiger partial charge in [0.15, 0.2) is 5.69 Å². The van der Waals surface area contributed by atoms with Gasteiger partial charge in [0.25, 0.3) is 5.91 Å². The van der Waals surface area contributed by atoms with Gasteiger partial charge >= 0.3 is 0 Å². The summed E-state index contributed by atoms with van der Waals surface area (Å²) in [6.07, 6.45) is 0.877. The highest BCUT2D eigenvalue weighted by molar-refractivity contribution is 5.94. The van der Waals surface area contributed by atoms with E-state index in [0.717, 1.165) is 43.1 Å². The van der Waals surface area contributed by atoms with Crippen LogP contribution >= 0.6 is 0 Å². The maximum atomic E-state index is 13.5. The number of nitrogens with one attached hydrogen (secondary N) is 1. The first kappa shape index (κ1) is 21.5. The minimum atomic E-state index is 0.0431. The Kier molecular flexibility index (Phi) is 6.30. The molecule has 0 radical (unpaired) electrons. The SMILES string of the molecule is Cc1cccc(N2CCN(C(=O)c3nn(CCOc4ccccc4)c4c3CNCC4)CC2)c1. The van der Waals surface area contributed by atoms with Gasteiger partial charge in [0, 0.05) is 62.6 Å². The molecule has 0 saturated carbocycles. The van der Waals surface area contributed by atoms with Crippen molar-refractivity contribution in [3.63, 3.8) is 0 Å². The zero-order chi connectivity index (χ0) is 22.6. The van der Waals surface area contributed by atoms with E-state index in [1.54, 1.807) is 0 Å². The molecule has 7 heteroatoms. The van der Waals surface area contributed by atoms with Crippen LogP contribution in [0.25, 0.3) is 0 Å². The smallest absolute Gasteiger partial charge is 0.274 e. The summed E-state index contributed by atoms with van der Waals surface area (Å²) < 4.78 is 7.85. The molecule has 2 aliphatic heterocycles. The summed E-state index contributed by atoms with van der Waals surface area (Å²) >= 11 is 0. The number of anilines is 1. The van der Waals surface area contributed by atoms with E-state index in [1.807, 2.05) is 39.9 Å². The van der Waals surface area contributed by atoms with E-state index in [4.69, 9.17) is 9.84 Å². The highest BCUT2D eigenvalue weighted by atomic mass is 16.5. The second-order valence-electron chi connectivity index (χ2n) is 8.70. The van der Waals surface area contributed by atoms with Gasteiger partial charge in [-0.15, -0.1) is 0 Å². The summed E-state index contributed by atoms with van der Waals surface area (Å²) in [5.74, 6) is 0.893. The largest absolute Gasteiger partial charge is 0.492 e. The third-order valence-corrected chi connectivity index (χ3v) is 6.46. The number of carbonyl (C=O) groups is 1. The van der Waals surface area contributed by atoms with Crippen LogP contribution in [0.2, 0.25) is 0 Å². The van der Waals surface area contributed by atoms with Crippen LogP contribution in [0.4, 0.5) is 5.69 Å². The summed E-state index contributed by atoms with van der Waals surface area (Å²) in [5, 5.41) is 8.18. The molecule has 2 aliphatic rings. The molecule has 1 N–H and O–H groups in total. The number of hydrogen-bond donors (Lipinski definition) is 1. The fourth-order valence-electron chi connectivity index (χ4n) is 4.69. The van der Waals surface area contributed by atoms with Gasteiger partial charge in [0.1, 0.15) is 12.4 Å². The number of aromatic nitrogens is 2. The number of nitrogens with zero attached hydrogens (tertiary/aromatic N) is 4. The van der Waals surface area contributed by atoms with Crippen LogP contribution in [-0.4, -0.2) is 59.9 Å². The number of fused-ring (bicyclic) bond motifs is 1. The Bertz CT molecular complexity index is 1100. The molecule has 3 aromatic rings. The van der Waals surface area contributed by atoms with Gasteiger partial charge in [0.2, 0.25) is 0 Å². The summed E-state index contributed by atoms with van der Waals surface area (Å²) in [6, 6.07) is 18.4. The molecule has 3 heterocycles. The fourth-order valence-corrected chi connectivity index (χ4v) is 4.69. The van der Waals surface area contributed by atoms with Crippen LogP contribution in [-0.2, 0) is 19.5 Å². The van der Waals surface area contributed by atoms with Gasteiger partial charge < -0.3 is 19.9 Å². The van der Waals surface area contributed by atoms with E-state index >= 15 is 0 Å². The summed E-state index contributed by atoms with van der Waals surface area (Å²) in [6.45, 7) is 7.95. The van der Waals surface area contributed by atoms with Crippen LogP contribution in [0, 0.1) is 6.92 Å². The molecule has 7 nitrogen and oxygen atoms in total. The van der Waals surface area contributed by atoms with Crippen LogP contribution < -0.4 is 15.0 Å². The Hall–Kier alpha value is -3.32. The number of piperazine rings is 1. The molecular formula is C26H31N5O2. The van der Waals surface area contributed by atoms with Crippen LogP contribution in [0.5, 0.6) is 5.75 Å². The van der Waals surface area contributed by atoms with E-state index < -0.39 is 0 Å². The lowest BCUT2D eigenvalue weighted by molar-refractivity contribution is 0.0738. The zero-order valence-corrected chi connectivity index (χ0v) is 19.2. The maximum Gasteiger partial charge on any atom is 0.274 e. The van der Waals surface area contributed by atoms with E-state index in [1.165, 1.54) is 11.3 Å². The molecule has 1 amide bonds. The third-order valence-electron chi connectivity index (χ3n) is 6.46. The third kappa shape index (κ3) is 4.73. The molecule has 172 valence electrons. The first-order chi connectivity index (χ1) is 16.2. The van der Waals surface area contributed by atoms with E-state index in [9.17, 15) is 4.79 Å². The van der Waals surface area contributed by atoms with Crippen molar-refractivity contribution in [2.45, 2.75) is 26.4 Å². The van der Waals surface area contributed by atoms with Crippen molar-refractivity contribution in [3.05, 3.63) is 77.1 Å². The summed E-state index contributed by atoms with van der Waals surface area (Å²) in [4.78, 5) is 17.8. The second-order valence-corrected chi connectivity index (χ2v) is 8.70. The minimum absolute atomic E-state index is 0.0431. The number of amides is 1. The Morgan fingerprint density at radius 2 is 1.88 bits per heavy atom. The average Bonchev–Trinajstić information content (AvgIpc) is 3.23. The lowest BCUT2D eigenvalue weighted by atomic mass is 10.1. The van der Waals surface area contributed by atoms with E-state index in [0.29, 0.717) is 38.5 Å². The standard InChI is InChI=1S/C26H31N5O2/c1-20-6-5-7-21(18-20)29-12-14-30(15-13-29)26(32)25-23-19-27-11-10-24(23)31(28-25)16-17-33-22-8-3-2-4-9-22/h2-9,18,27H,10-17,19H2,1H3. The number of carbonyl (C=O) groups excluding carboxylic acids is 1. The monoisotopic (exact) mass is 445 g/mol. The Morgan fingerprint density at radius 1 is 1.06 bits per heavy atom. The number of benzene rings is 2. The predicted molar refractivity (Wildman–Crippen MR) is 129 cm³/mol. The Morgan fingerprint density at radius 3 is 2.67 bits per heavy atom. The van der Waals surface area contributed by atoms with Gasteiger partial charge in [0.05, 0.1) is 6.54 Å². The van der Waals surface area contributed by atoms with Crippen LogP contribution in [0.3, 0.4) is 0 Å². The molecule has 5 rings (SSSR count). The molecule has 2 aromatic carbocycles. The average molecular weight is 446 g/mol. The molecule has 0 atom stereocenters. The minimum Gasteiger partial charge on any atom is -0.492 e. The molecule has 0 unspecified atom stereocenters. The van der Waals surface area contributed by atoms with Gasteiger partial charge in [-0.25, -0.2) is 0 Å². The highest BCUT2D eigenvalue weighted by Gasteiger charge is 2.29. The van der Waals surface area contributed by atoms with Gasteiger partial charge in [-0.05, 0) is 36.8 Å². The lowest BCUT2D eigenvalue weighted by Gasteiger charge is -2.36. The predicted octanol–water partition coefficient (Wildman–Crippen LogP) is 2.88. The van der Waals surface area contributed by atoms with Crippen molar-refractivity contribution in [1.82, 2.24) is 20.0 Å². The maximum absolute atomic E-state index is 13.5. The van der Waals surface area contributed by atoms with Crippen molar-refractivity contribution in [1.29, 1.82) is 0 Å². The highest BCUT2D eigenvalue weighted by Crippen LogP contribution is 2.23. The fraction of sp³-hybridized carbons (Fsp3) is 0.385. The van der Waals surface area contributed by atoms with Crippen LogP contribution in [0.15, 0.2) is 54.6 Å². The molecule has 1 saturated heterocycles. The Labute approximate surface area is 195 Å². The van der Waals surface area contributed by atoms with Crippen molar-refractivity contribution < 1.29 is 9.53 Å². The molecule has 0 aliphatic carbocycles. The van der Waals surface area contributed by atoms with Crippen molar-refractivity contribution in [3.8, 4) is 5.75 Å². The number of ether oxygens (including phenoxy) is 1. The Balaban J connectivity index is 1.26. The normalized spacial score (nSPS) is 15.9. The topological polar surface area (TPSA) is 62.6 Å². The lowest BCUT2D eigenvalue weighted by Crippen LogP contribution is -2.49. The molecule has 1 aromatic heterocycles. The second kappa shape index (κ2) is 9.67. The van der Waals surface area contributed by atoms with Crippen LogP contribution in [0.1, 0.15) is 27.3 Å². The summed E-state index contributed by atoms with van der Waals surface area (Å²) in [7, 11) is 0. The van der Waals surface area contributed by atoms with Gasteiger partial charge in [-0.2, -0.15) is 5.10 Å². The molecular weight excluding hydrogens is 414 g/mol. The molecule has 0 bridgehead atoms. The van der Waals surface area contributed by atoms with Gasteiger partial charge in [-0.1, -0.05) is 30.3 Å². The first-order valence-corrected chi connectivity index (χ1v) is 11.8. The van der Waals surface area contributed by atoms with E-state index in [-0.39, 0.29) is 5.91 Å². The van der Waals surface area contributed by atoms with Crippen molar-refractivity contribution in [2.75, 3.05) is 44.2 Å².